The molecule has 2 fully saturated rings. The molecule has 30 heavy (non-hydrogen) atoms. The van der Waals surface area contributed by atoms with E-state index in [1.807, 2.05) is 19.2 Å². The molecule has 1 unspecified atom stereocenters. The van der Waals surface area contributed by atoms with Crippen LogP contribution in [0.15, 0.2) is 29.3 Å². The summed E-state index contributed by atoms with van der Waals surface area (Å²) in [6, 6.07) is 9.43. The molecule has 3 rings (SSSR count). The minimum atomic E-state index is 0. The Labute approximate surface area is 203 Å². The Morgan fingerprint density at radius 1 is 1.13 bits per heavy atom. The molecule has 2 aliphatic heterocycles. The highest BCUT2D eigenvalue weighted by atomic mass is 127. The van der Waals surface area contributed by atoms with Crippen molar-refractivity contribution < 1.29 is 4.74 Å². The minimum absolute atomic E-state index is 0. The van der Waals surface area contributed by atoms with E-state index >= 15 is 0 Å². The summed E-state index contributed by atoms with van der Waals surface area (Å²) >= 11 is 6.55. The molecule has 0 bridgehead atoms. The number of aliphatic imine (C=N–C) groups is 1. The Morgan fingerprint density at radius 3 is 2.40 bits per heavy atom. The van der Waals surface area contributed by atoms with Gasteiger partial charge in [-0.15, -0.1) is 24.0 Å². The van der Waals surface area contributed by atoms with Crippen molar-refractivity contribution in [2.24, 2.45) is 4.99 Å². The molecular weight excluding hydrogens is 513 g/mol. The van der Waals surface area contributed by atoms with E-state index < -0.39 is 0 Å². The zero-order chi connectivity index (χ0) is 20.6. The summed E-state index contributed by atoms with van der Waals surface area (Å²) in [6.45, 7) is 10.9. The molecule has 2 saturated heterocycles. The third-order valence-corrected chi connectivity index (χ3v) is 6.38. The molecule has 0 aromatic heterocycles. The molecule has 2 N–H and O–H groups in total. The number of hydrogen-bond donors (Lipinski definition) is 2. The molecule has 2 heterocycles. The molecule has 0 amide bonds. The second-order valence-corrected chi connectivity index (χ2v) is 8.59. The van der Waals surface area contributed by atoms with E-state index in [4.69, 9.17) is 16.3 Å². The van der Waals surface area contributed by atoms with Crippen molar-refractivity contribution >= 4 is 41.5 Å². The van der Waals surface area contributed by atoms with Crippen molar-refractivity contribution in [3.05, 3.63) is 34.9 Å². The van der Waals surface area contributed by atoms with Crippen LogP contribution in [0.1, 0.15) is 38.3 Å². The highest BCUT2D eigenvalue weighted by Gasteiger charge is 2.25. The van der Waals surface area contributed by atoms with Crippen LogP contribution in [0.5, 0.6) is 0 Å². The third kappa shape index (κ3) is 7.22. The molecule has 1 aromatic rings. The Bertz CT molecular complexity index is 661. The largest absolute Gasteiger partial charge is 0.379 e. The normalized spacial score (nSPS) is 20.6. The Morgan fingerprint density at radius 2 is 1.80 bits per heavy atom. The highest BCUT2D eigenvalue weighted by molar-refractivity contribution is 14.0. The summed E-state index contributed by atoms with van der Waals surface area (Å²) in [7, 11) is 1.85. The predicted octanol–water partition coefficient (Wildman–Crippen LogP) is 3.37. The summed E-state index contributed by atoms with van der Waals surface area (Å²) in [4.78, 5) is 9.47. The molecule has 0 saturated carbocycles. The van der Waals surface area contributed by atoms with Crippen LogP contribution >= 0.6 is 35.6 Å². The first-order valence-corrected chi connectivity index (χ1v) is 11.2. The van der Waals surface area contributed by atoms with Gasteiger partial charge in [-0.2, -0.15) is 0 Å². The van der Waals surface area contributed by atoms with Crippen LogP contribution < -0.4 is 10.6 Å². The zero-order valence-electron chi connectivity index (χ0n) is 18.4. The quantitative estimate of drug-likeness (QED) is 0.324. The molecule has 2 aliphatic rings. The number of piperidine rings is 1. The van der Waals surface area contributed by atoms with Gasteiger partial charge in [0.15, 0.2) is 5.96 Å². The average molecular weight is 550 g/mol. The lowest BCUT2D eigenvalue weighted by Gasteiger charge is -2.37. The predicted molar refractivity (Wildman–Crippen MR) is 136 cm³/mol. The second kappa shape index (κ2) is 13.1. The first-order chi connectivity index (χ1) is 14.1. The SMILES string of the molecule is CN=C(NCC(c1ccccc1Cl)N1CCOCC1)NC1CCN(C(C)C)CC1.I. The summed E-state index contributed by atoms with van der Waals surface area (Å²) in [6.07, 6.45) is 2.30. The first-order valence-electron chi connectivity index (χ1n) is 10.9. The fourth-order valence-electron chi connectivity index (χ4n) is 4.21. The van der Waals surface area contributed by atoms with E-state index in [1.54, 1.807) is 0 Å². The number of morpholine rings is 1. The number of halogens is 2. The number of ether oxygens (including phenoxy) is 1. The van der Waals surface area contributed by atoms with Gasteiger partial charge in [-0.05, 0) is 38.3 Å². The van der Waals surface area contributed by atoms with Gasteiger partial charge in [0.25, 0.3) is 0 Å². The lowest BCUT2D eigenvalue weighted by atomic mass is 10.0. The number of nitrogens with zero attached hydrogens (tertiary/aromatic N) is 3. The van der Waals surface area contributed by atoms with E-state index in [0.717, 1.165) is 75.3 Å². The van der Waals surface area contributed by atoms with Gasteiger partial charge in [-0.25, -0.2) is 0 Å². The zero-order valence-corrected chi connectivity index (χ0v) is 21.5. The number of guanidine groups is 1. The maximum absolute atomic E-state index is 6.55. The monoisotopic (exact) mass is 549 g/mol. The maximum atomic E-state index is 6.55. The van der Waals surface area contributed by atoms with E-state index in [0.29, 0.717) is 12.1 Å². The van der Waals surface area contributed by atoms with Gasteiger partial charge in [0.2, 0.25) is 0 Å². The molecule has 8 heteroatoms. The second-order valence-electron chi connectivity index (χ2n) is 8.19. The van der Waals surface area contributed by atoms with Crippen molar-refractivity contribution in [3.63, 3.8) is 0 Å². The molecule has 0 aliphatic carbocycles. The smallest absolute Gasteiger partial charge is 0.191 e. The Hall–Kier alpha value is -0.610. The maximum Gasteiger partial charge on any atom is 0.191 e. The van der Waals surface area contributed by atoms with Gasteiger partial charge in [-0.1, -0.05) is 29.8 Å². The standard InChI is InChI=1S/C22H36ClN5O.HI/c1-17(2)27-10-8-18(9-11-27)26-22(24-3)25-16-21(28-12-14-29-15-13-28)19-6-4-5-7-20(19)23;/h4-7,17-18,21H,8-16H2,1-3H3,(H2,24,25,26);1H. The van der Waals surface area contributed by atoms with E-state index in [2.05, 4.69) is 51.4 Å². The van der Waals surface area contributed by atoms with Gasteiger partial charge in [0.1, 0.15) is 0 Å². The van der Waals surface area contributed by atoms with Crippen molar-refractivity contribution in [2.75, 3.05) is 53.0 Å². The highest BCUT2D eigenvalue weighted by Crippen LogP contribution is 2.27. The Balaban J connectivity index is 0.00000320. The lowest BCUT2D eigenvalue weighted by Crippen LogP contribution is -2.51. The van der Waals surface area contributed by atoms with Crippen LogP contribution in [0, 0.1) is 0 Å². The lowest BCUT2D eigenvalue weighted by molar-refractivity contribution is 0.0170. The van der Waals surface area contributed by atoms with Crippen LogP contribution in [0.4, 0.5) is 0 Å². The molecule has 0 spiro atoms. The topological polar surface area (TPSA) is 52.1 Å². The number of nitrogens with one attached hydrogen (secondary N) is 2. The van der Waals surface area contributed by atoms with Crippen LogP contribution in [-0.4, -0.2) is 80.8 Å². The van der Waals surface area contributed by atoms with Crippen LogP contribution in [0.25, 0.3) is 0 Å². The summed E-state index contributed by atoms with van der Waals surface area (Å²) in [5.74, 6) is 0.873. The molecule has 1 aromatic carbocycles. The van der Waals surface area contributed by atoms with Gasteiger partial charge < -0.3 is 20.3 Å². The number of hydrogen-bond acceptors (Lipinski definition) is 4. The van der Waals surface area contributed by atoms with Crippen LogP contribution in [0.3, 0.4) is 0 Å². The van der Waals surface area contributed by atoms with E-state index in [9.17, 15) is 0 Å². The van der Waals surface area contributed by atoms with Crippen molar-refractivity contribution in [1.82, 2.24) is 20.4 Å². The summed E-state index contributed by atoms with van der Waals surface area (Å²) in [5.41, 5.74) is 1.16. The molecule has 170 valence electrons. The minimum Gasteiger partial charge on any atom is -0.379 e. The molecular formula is C22H37ClIN5O. The van der Waals surface area contributed by atoms with Gasteiger partial charge >= 0.3 is 0 Å². The Kier molecular flexibility index (Phi) is 11.2. The van der Waals surface area contributed by atoms with E-state index in [1.165, 1.54) is 0 Å². The third-order valence-electron chi connectivity index (χ3n) is 6.04. The fraction of sp³-hybridized carbons (Fsp3) is 0.682. The van der Waals surface area contributed by atoms with Crippen LogP contribution in [-0.2, 0) is 4.74 Å². The summed E-state index contributed by atoms with van der Waals surface area (Å²) < 4.78 is 5.55. The van der Waals surface area contributed by atoms with Crippen molar-refractivity contribution in [3.8, 4) is 0 Å². The summed E-state index contributed by atoms with van der Waals surface area (Å²) in [5, 5.41) is 8.00. The molecule has 0 radical (unpaired) electrons. The molecule has 1 atom stereocenters. The first kappa shape index (κ1) is 25.6. The fourth-order valence-corrected chi connectivity index (χ4v) is 4.47. The molecule has 6 nitrogen and oxygen atoms in total. The number of rotatable bonds is 6. The number of likely N-dealkylation sites (tertiary alicyclic amines) is 1. The van der Waals surface area contributed by atoms with Gasteiger partial charge in [0.05, 0.1) is 19.3 Å². The van der Waals surface area contributed by atoms with E-state index in [-0.39, 0.29) is 30.0 Å². The van der Waals surface area contributed by atoms with Crippen LogP contribution in [0.2, 0.25) is 5.02 Å². The van der Waals surface area contributed by atoms with Crippen molar-refractivity contribution in [2.45, 2.75) is 44.8 Å². The van der Waals surface area contributed by atoms with Gasteiger partial charge in [0, 0.05) is 56.9 Å². The van der Waals surface area contributed by atoms with Crippen molar-refractivity contribution in [1.29, 1.82) is 0 Å². The average Bonchev–Trinajstić information content (AvgIpc) is 2.75. The van der Waals surface area contributed by atoms with Gasteiger partial charge in [-0.3, -0.25) is 9.89 Å². The number of benzene rings is 1.